The average molecular weight is 222 g/mol. The van der Waals surface area contributed by atoms with Gasteiger partial charge in [-0.05, 0) is 0 Å². The van der Waals surface area contributed by atoms with Crippen molar-refractivity contribution in [3.8, 4) is 11.5 Å². The molecule has 0 bridgehead atoms. The summed E-state index contributed by atoms with van der Waals surface area (Å²) in [5.74, 6) is -0.242. The lowest BCUT2D eigenvalue weighted by Gasteiger charge is -2.00. The van der Waals surface area contributed by atoms with Crippen LogP contribution in [0.5, 0.6) is 11.5 Å². The Balaban J connectivity index is 2.61. The number of carbonyl (C=O) groups excluding carboxylic acids is 1. The number of nitro groups is 1. The van der Waals surface area contributed by atoms with Crippen LogP contribution in [0.25, 0.3) is 0 Å². The van der Waals surface area contributed by atoms with Gasteiger partial charge in [-0.15, -0.1) is 0 Å². The Hall–Kier alpha value is -2.44. The third-order valence-corrected chi connectivity index (χ3v) is 2.08. The highest BCUT2D eigenvalue weighted by Crippen LogP contribution is 2.37. The summed E-state index contributed by atoms with van der Waals surface area (Å²) in [5.41, 5.74) is -0.568. The van der Waals surface area contributed by atoms with Crippen LogP contribution < -0.4 is 9.47 Å². The van der Waals surface area contributed by atoms with Crippen LogP contribution in [0.4, 0.5) is 5.69 Å². The zero-order valence-corrected chi connectivity index (χ0v) is 7.93. The summed E-state index contributed by atoms with van der Waals surface area (Å²) in [5, 5.41) is 17.5. The second-order valence-electron chi connectivity index (χ2n) is 2.99. The molecule has 0 saturated heterocycles. The topological polar surface area (TPSA) is 103 Å². The van der Waals surface area contributed by atoms with Gasteiger partial charge < -0.3 is 14.9 Å². The van der Waals surface area contributed by atoms with Crippen molar-refractivity contribution in [2.45, 2.75) is 0 Å². The molecule has 0 aliphatic carbocycles. The van der Waals surface area contributed by atoms with Gasteiger partial charge in [-0.3, -0.25) is 14.9 Å². The standard InChI is InChI=1S/C9H6N2O5/c10-3-7(12)5-1-8-9(16-4-15-8)2-6(5)11(13)14/h1-3,10H,4H2. The first-order chi connectivity index (χ1) is 7.63. The summed E-state index contributed by atoms with van der Waals surface area (Å²) < 4.78 is 9.96. The Morgan fingerprint density at radius 2 is 2.06 bits per heavy atom. The van der Waals surface area contributed by atoms with E-state index in [4.69, 9.17) is 14.9 Å². The molecule has 7 nitrogen and oxygen atoms in total. The third-order valence-electron chi connectivity index (χ3n) is 2.08. The van der Waals surface area contributed by atoms with E-state index < -0.39 is 16.4 Å². The summed E-state index contributed by atoms with van der Waals surface area (Å²) >= 11 is 0. The first kappa shape index (κ1) is 10.1. The van der Waals surface area contributed by atoms with E-state index in [-0.39, 0.29) is 23.9 Å². The number of carbonyl (C=O) groups is 1. The first-order valence-corrected chi connectivity index (χ1v) is 4.26. The van der Waals surface area contributed by atoms with Crippen molar-refractivity contribution in [2.24, 2.45) is 0 Å². The Bertz CT molecular complexity index is 497. The number of Topliss-reactive ketones (excluding diaryl/α,β-unsaturated/α-hetero) is 1. The second-order valence-corrected chi connectivity index (χ2v) is 2.99. The molecule has 1 N–H and O–H groups in total. The Morgan fingerprint density at radius 1 is 1.44 bits per heavy atom. The molecule has 0 radical (unpaired) electrons. The lowest BCUT2D eigenvalue weighted by molar-refractivity contribution is -0.385. The maximum atomic E-state index is 11.3. The van der Waals surface area contributed by atoms with Gasteiger partial charge in [-0.2, -0.15) is 0 Å². The molecule has 7 heteroatoms. The monoisotopic (exact) mass is 222 g/mol. The van der Waals surface area contributed by atoms with Crippen molar-refractivity contribution >= 4 is 17.7 Å². The Kier molecular flexibility index (Phi) is 2.28. The molecule has 1 aliphatic rings. The molecule has 1 aromatic rings. The molecule has 0 spiro atoms. The second kappa shape index (κ2) is 3.61. The molecule has 1 aliphatic heterocycles. The molecule has 16 heavy (non-hydrogen) atoms. The van der Waals surface area contributed by atoms with E-state index in [1.165, 1.54) is 6.07 Å². The number of nitrogens with zero attached hydrogens (tertiary/aromatic N) is 1. The number of nitrogens with one attached hydrogen (secondary N) is 1. The number of fused-ring (bicyclic) bond motifs is 1. The van der Waals surface area contributed by atoms with Crippen LogP contribution in [0.1, 0.15) is 10.4 Å². The normalized spacial score (nSPS) is 12.2. The Labute approximate surface area is 89.2 Å². The van der Waals surface area contributed by atoms with Crippen LogP contribution in [0.15, 0.2) is 12.1 Å². The number of hydrogen-bond donors (Lipinski definition) is 1. The first-order valence-electron chi connectivity index (χ1n) is 4.26. The van der Waals surface area contributed by atoms with Crippen molar-refractivity contribution < 1.29 is 19.2 Å². The van der Waals surface area contributed by atoms with E-state index in [0.717, 1.165) is 6.07 Å². The molecule has 0 fully saturated rings. The summed E-state index contributed by atoms with van der Waals surface area (Å²) in [6.45, 7) is -0.0330. The van der Waals surface area contributed by atoms with Crippen molar-refractivity contribution in [1.82, 2.24) is 0 Å². The van der Waals surface area contributed by atoms with Crippen molar-refractivity contribution in [1.29, 1.82) is 5.41 Å². The molecule has 1 aromatic carbocycles. The maximum Gasteiger partial charge on any atom is 0.284 e. The fourth-order valence-corrected chi connectivity index (χ4v) is 1.36. The number of nitro benzene ring substituents is 1. The van der Waals surface area contributed by atoms with E-state index in [9.17, 15) is 14.9 Å². The van der Waals surface area contributed by atoms with Crippen LogP contribution in [-0.4, -0.2) is 23.7 Å². The fraction of sp³-hybridized carbons (Fsp3) is 0.111. The molecule has 0 amide bonds. The predicted octanol–water partition coefficient (Wildman–Crippen LogP) is 1.16. The van der Waals surface area contributed by atoms with Crippen LogP contribution >= 0.6 is 0 Å². The quantitative estimate of drug-likeness (QED) is 0.357. The number of benzene rings is 1. The molecule has 1 heterocycles. The summed E-state index contributed by atoms with van der Waals surface area (Å²) in [6, 6.07) is 2.34. The zero-order valence-electron chi connectivity index (χ0n) is 7.93. The largest absolute Gasteiger partial charge is 0.454 e. The lowest BCUT2D eigenvalue weighted by Crippen LogP contribution is -2.04. The maximum absolute atomic E-state index is 11.3. The smallest absolute Gasteiger partial charge is 0.284 e. The van der Waals surface area contributed by atoms with Gasteiger partial charge in [0.05, 0.1) is 17.2 Å². The molecule has 0 atom stereocenters. The highest BCUT2D eigenvalue weighted by molar-refractivity contribution is 6.35. The van der Waals surface area contributed by atoms with Gasteiger partial charge in [0.2, 0.25) is 12.6 Å². The SMILES string of the molecule is N=CC(=O)c1cc2c(cc1[N+](=O)[O-])OCO2. The fourth-order valence-electron chi connectivity index (χ4n) is 1.36. The van der Waals surface area contributed by atoms with Gasteiger partial charge in [0.15, 0.2) is 11.5 Å². The van der Waals surface area contributed by atoms with Gasteiger partial charge in [0.1, 0.15) is 5.56 Å². The summed E-state index contributed by atoms with van der Waals surface area (Å²) in [7, 11) is 0. The van der Waals surface area contributed by atoms with Crippen LogP contribution in [0, 0.1) is 15.5 Å². The van der Waals surface area contributed by atoms with Gasteiger partial charge in [-0.1, -0.05) is 0 Å². The van der Waals surface area contributed by atoms with Gasteiger partial charge in [-0.25, -0.2) is 0 Å². The minimum absolute atomic E-state index is 0.0330. The molecular weight excluding hydrogens is 216 g/mol. The van der Waals surface area contributed by atoms with Crippen molar-refractivity contribution in [2.75, 3.05) is 6.79 Å². The van der Waals surface area contributed by atoms with E-state index in [2.05, 4.69) is 0 Å². The molecule has 0 saturated carbocycles. The van der Waals surface area contributed by atoms with E-state index >= 15 is 0 Å². The number of hydrogen-bond acceptors (Lipinski definition) is 6. The number of rotatable bonds is 3. The van der Waals surface area contributed by atoms with Crippen LogP contribution in [0.2, 0.25) is 0 Å². The van der Waals surface area contributed by atoms with Crippen molar-refractivity contribution in [3.63, 3.8) is 0 Å². The summed E-state index contributed by atoms with van der Waals surface area (Å²) in [4.78, 5) is 21.3. The minimum Gasteiger partial charge on any atom is -0.454 e. The summed E-state index contributed by atoms with van der Waals surface area (Å²) in [6.07, 6.45) is 0.518. The number of ether oxygens (including phenoxy) is 2. The van der Waals surface area contributed by atoms with Crippen molar-refractivity contribution in [3.05, 3.63) is 27.8 Å². The molecule has 0 unspecified atom stereocenters. The lowest BCUT2D eigenvalue weighted by atomic mass is 10.1. The predicted molar refractivity (Wildman–Crippen MR) is 52.3 cm³/mol. The molecular formula is C9H6N2O5. The highest BCUT2D eigenvalue weighted by atomic mass is 16.7. The van der Waals surface area contributed by atoms with E-state index in [1.807, 2.05) is 0 Å². The van der Waals surface area contributed by atoms with Crippen LogP contribution in [0.3, 0.4) is 0 Å². The molecule has 0 aromatic heterocycles. The molecule has 82 valence electrons. The minimum atomic E-state index is -0.745. The van der Waals surface area contributed by atoms with Gasteiger partial charge >= 0.3 is 0 Å². The zero-order chi connectivity index (χ0) is 11.7. The Morgan fingerprint density at radius 3 is 2.62 bits per heavy atom. The highest BCUT2D eigenvalue weighted by Gasteiger charge is 2.26. The average Bonchev–Trinajstić information content (AvgIpc) is 2.73. The third kappa shape index (κ3) is 1.48. The number of ketones is 1. The van der Waals surface area contributed by atoms with Gasteiger partial charge in [0, 0.05) is 6.07 Å². The van der Waals surface area contributed by atoms with E-state index in [1.54, 1.807) is 0 Å². The van der Waals surface area contributed by atoms with Crippen LogP contribution in [-0.2, 0) is 0 Å². The van der Waals surface area contributed by atoms with E-state index in [0.29, 0.717) is 6.21 Å². The molecule has 2 rings (SSSR count). The van der Waals surface area contributed by atoms with Gasteiger partial charge in [0.25, 0.3) is 5.69 Å².